The van der Waals surface area contributed by atoms with Gasteiger partial charge in [0.15, 0.2) is 0 Å². The first kappa shape index (κ1) is 9.77. The van der Waals surface area contributed by atoms with Gasteiger partial charge in [-0.05, 0) is 6.92 Å². The highest BCUT2D eigenvalue weighted by molar-refractivity contribution is 5.78. The zero-order chi connectivity index (χ0) is 9.84. The van der Waals surface area contributed by atoms with Crippen molar-refractivity contribution in [3.8, 4) is 0 Å². The quantitative estimate of drug-likeness (QED) is 0.737. The summed E-state index contributed by atoms with van der Waals surface area (Å²) >= 11 is 0. The number of carbonyl (C=O) groups excluding carboxylic acids is 1. The average Bonchev–Trinajstić information content (AvgIpc) is 2.55. The van der Waals surface area contributed by atoms with Crippen LogP contribution in [0.4, 0.5) is 0 Å². The second kappa shape index (κ2) is 4.07. The summed E-state index contributed by atoms with van der Waals surface area (Å²) in [7, 11) is 0. The lowest BCUT2D eigenvalue weighted by Gasteiger charge is -2.12. The van der Waals surface area contributed by atoms with E-state index < -0.39 is 0 Å². The Morgan fingerprint density at radius 1 is 1.54 bits per heavy atom. The summed E-state index contributed by atoms with van der Waals surface area (Å²) in [5, 5.41) is 2.85. The van der Waals surface area contributed by atoms with Crippen LogP contribution in [0.15, 0.2) is 12.4 Å². The lowest BCUT2D eigenvalue weighted by Crippen LogP contribution is -2.30. The molecule has 0 spiro atoms. The predicted octanol–water partition coefficient (Wildman–Crippen LogP) is 1.24. The molecule has 1 aromatic heterocycles. The van der Waals surface area contributed by atoms with Crippen molar-refractivity contribution in [2.75, 3.05) is 0 Å². The summed E-state index contributed by atoms with van der Waals surface area (Å²) < 4.78 is 0. The van der Waals surface area contributed by atoms with Gasteiger partial charge in [0.05, 0.1) is 6.04 Å². The Hall–Kier alpha value is -1.32. The SMILES string of the molecule is CC(C)C(=O)NC(C)c1ncc[nH]1. The third-order valence-corrected chi connectivity index (χ3v) is 1.81. The average molecular weight is 181 g/mol. The number of amides is 1. The van der Waals surface area contributed by atoms with Gasteiger partial charge in [-0.2, -0.15) is 0 Å². The highest BCUT2D eigenvalue weighted by atomic mass is 16.1. The van der Waals surface area contributed by atoms with Crippen LogP contribution in [0.1, 0.15) is 32.6 Å². The molecule has 1 atom stereocenters. The first-order valence-corrected chi connectivity index (χ1v) is 4.41. The zero-order valence-corrected chi connectivity index (χ0v) is 8.16. The van der Waals surface area contributed by atoms with Gasteiger partial charge in [-0.15, -0.1) is 0 Å². The number of rotatable bonds is 3. The lowest BCUT2D eigenvalue weighted by molar-refractivity contribution is -0.124. The lowest BCUT2D eigenvalue weighted by atomic mass is 10.2. The standard InChI is InChI=1S/C9H15N3O/c1-6(2)9(13)12-7(3)8-10-4-5-11-8/h4-7H,1-3H3,(H,10,11)(H,12,13). The van der Waals surface area contributed by atoms with E-state index in [9.17, 15) is 4.79 Å². The van der Waals surface area contributed by atoms with E-state index in [2.05, 4.69) is 15.3 Å². The molecular formula is C9H15N3O. The Labute approximate surface area is 77.8 Å². The zero-order valence-electron chi connectivity index (χ0n) is 8.16. The maximum atomic E-state index is 11.3. The molecule has 2 N–H and O–H groups in total. The van der Waals surface area contributed by atoms with Gasteiger partial charge in [0.25, 0.3) is 0 Å². The molecule has 0 radical (unpaired) electrons. The normalized spacial score (nSPS) is 12.9. The van der Waals surface area contributed by atoms with E-state index in [1.807, 2.05) is 20.8 Å². The van der Waals surface area contributed by atoms with Gasteiger partial charge in [-0.1, -0.05) is 13.8 Å². The minimum absolute atomic E-state index is 0.0115. The number of hydrogen-bond acceptors (Lipinski definition) is 2. The van der Waals surface area contributed by atoms with Gasteiger partial charge >= 0.3 is 0 Å². The van der Waals surface area contributed by atoms with E-state index in [1.54, 1.807) is 12.4 Å². The highest BCUT2D eigenvalue weighted by Gasteiger charge is 2.13. The molecule has 0 aliphatic heterocycles. The van der Waals surface area contributed by atoms with Crippen LogP contribution in [0.3, 0.4) is 0 Å². The minimum atomic E-state index is -0.0510. The molecule has 0 saturated carbocycles. The third-order valence-electron chi connectivity index (χ3n) is 1.81. The fraction of sp³-hybridized carbons (Fsp3) is 0.556. The summed E-state index contributed by atoms with van der Waals surface area (Å²) in [6.45, 7) is 5.63. The molecule has 0 bridgehead atoms. The molecular weight excluding hydrogens is 166 g/mol. The van der Waals surface area contributed by atoms with Crippen LogP contribution in [0, 0.1) is 5.92 Å². The van der Waals surface area contributed by atoms with Crippen LogP contribution in [-0.2, 0) is 4.79 Å². The maximum Gasteiger partial charge on any atom is 0.223 e. The van der Waals surface area contributed by atoms with Crippen molar-refractivity contribution in [3.63, 3.8) is 0 Å². The largest absolute Gasteiger partial charge is 0.347 e. The van der Waals surface area contributed by atoms with Crippen molar-refractivity contribution in [3.05, 3.63) is 18.2 Å². The van der Waals surface area contributed by atoms with Crippen molar-refractivity contribution >= 4 is 5.91 Å². The molecule has 0 fully saturated rings. The van der Waals surface area contributed by atoms with E-state index in [4.69, 9.17) is 0 Å². The Morgan fingerprint density at radius 3 is 2.69 bits per heavy atom. The van der Waals surface area contributed by atoms with Gasteiger partial charge in [0, 0.05) is 18.3 Å². The Bertz CT molecular complexity index is 266. The van der Waals surface area contributed by atoms with Crippen molar-refractivity contribution in [2.45, 2.75) is 26.8 Å². The fourth-order valence-corrected chi connectivity index (χ4v) is 0.963. The van der Waals surface area contributed by atoms with E-state index in [0.29, 0.717) is 0 Å². The van der Waals surface area contributed by atoms with Crippen LogP contribution in [-0.4, -0.2) is 15.9 Å². The van der Waals surface area contributed by atoms with Gasteiger partial charge in [-0.25, -0.2) is 4.98 Å². The van der Waals surface area contributed by atoms with E-state index in [-0.39, 0.29) is 17.9 Å². The van der Waals surface area contributed by atoms with E-state index in [0.717, 1.165) is 5.82 Å². The molecule has 0 aliphatic carbocycles. The monoisotopic (exact) mass is 181 g/mol. The number of nitrogens with one attached hydrogen (secondary N) is 2. The van der Waals surface area contributed by atoms with Crippen LogP contribution >= 0.6 is 0 Å². The molecule has 0 saturated heterocycles. The molecule has 1 heterocycles. The second-order valence-corrected chi connectivity index (χ2v) is 3.36. The number of imidazole rings is 1. The summed E-state index contributed by atoms with van der Waals surface area (Å²) in [5.74, 6) is 0.843. The minimum Gasteiger partial charge on any atom is -0.347 e. The van der Waals surface area contributed by atoms with Crippen LogP contribution in [0.25, 0.3) is 0 Å². The first-order chi connectivity index (χ1) is 6.11. The molecule has 0 aromatic carbocycles. The number of aromatic amines is 1. The van der Waals surface area contributed by atoms with Gasteiger partial charge in [0.1, 0.15) is 5.82 Å². The van der Waals surface area contributed by atoms with Crippen molar-refractivity contribution in [1.82, 2.24) is 15.3 Å². The molecule has 1 unspecified atom stereocenters. The highest BCUT2D eigenvalue weighted by Crippen LogP contribution is 2.06. The summed E-state index contributed by atoms with van der Waals surface area (Å²) in [5.41, 5.74) is 0. The number of aromatic nitrogens is 2. The van der Waals surface area contributed by atoms with Crippen molar-refractivity contribution < 1.29 is 4.79 Å². The summed E-state index contributed by atoms with van der Waals surface area (Å²) in [6, 6.07) is -0.0510. The second-order valence-electron chi connectivity index (χ2n) is 3.36. The molecule has 1 aromatic rings. The number of nitrogens with zero attached hydrogens (tertiary/aromatic N) is 1. The summed E-state index contributed by atoms with van der Waals surface area (Å²) in [6.07, 6.45) is 3.42. The predicted molar refractivity (Wildman–Crippen MR) is 50.0 cm³/mol. The van der Waals surface area contributed by atoms with Gasteiger partial charge in [-0.3, -0.25) is 4.79 Å². The van der Waals surface area contributed by atoms with E-state index >= 15 is 0 Å². The molecule has 4 heteroatoms. The van der Waals surface area contributed by atoms with Gasteiger partial charge in [0.2, 0.25) is 5.91 Å². The van der Waals surface area contributed by atoms with Crippen LogP contribution in [0.2, 0.25) is 0 Å². The summed E-state index contributed by atoms with van der Waals surface area (Å²) in [4.78, 5) is 18.3. The van der Waals surface area contributed by atoms with Gasteiger partial charge < -0.3 is 10.3 Å². The van der Waals surface area contributed by atoms with Crippen LogP contribution in [0.5, 0.6) is 0 Å². The Balaban J connectivity index is 2.51. The molecule has 1 rings (SSSR count). The first-order valence-electron chi connectivity index (χ1n) is 4.41. The Morgan fingerprint density at radius 2 is 2.23 bits per heavy atom. The molecule has 13 heavy (non-hydrogen) atoms. The topological polar surface area (TPSA) is 57.8 Å². The number of H-pyrrole nitrogens is 1. The van der Waals surface area contributed by atoms with Crippen molar-refractivity contribution in [1.29, 1.82) is 0 Å². The molecule has 1 amide bonds. The molecule has 0 aliphatic rings. The fourth-order valence-electron chi connectivity index (χ4n) is 0.963. The number of hydrogen-bond donors (Lipinski definition) is 2. The molecule has 4 nitrogen and oxygen atoms in total. The third kappa shape index (κ3) is 2.57. The van der Waals surface area contributed by atoms with Crippen molar-refractivity contribution in [2.24, 2.45) is 5.92 Å². The smallest absolute Gasteiger partial charge is 0.223 e. The molecule has 72 valence electrons. The number of carbonyl (C=O) groups is 1. The maximum absolute atomic E-state index is 11.3. The Kier molecular flexibility index (Phi) is 3.06. The van der Waals surface area contributed by atoms with Crippen LogP contribution < -0.4 is 5.32 Å². The van der Waals surface area contributed by atoms with E-state index in [1.165, 1.54) is 0 Å².